The van der Waals surface area contributed by atoms with Gasteiger partial charge in [0.15, 0.2) is 11.5 Å². The number of anilines is 1. The summed E-state index contributed by atoms with van der Waals surface area (Å²) in [5, 5.41) is 12.4. The summed E-state index contributed by atoms with van der Waals surface area (Å²) in [4.78, 5) is 0. The second kappa shape index (κ2) is 5.14. The minimum absolute atomic E-state index is 0.554. The number of rotatable bonds is 2. The third-order valence-corrected chi connectivity index (χ3v) is 3.30. The molecule has 100 valence electrons. The zero-order chi connectivity index (χ0) is 13.9. The Morgan fingerprint density at radius 3 is 2.65 bits per heavy atom. The van der Waals surface area contributed by atoms with Crippen LogP contribution in [0.5, 0.6) is 11.5 Å². The molecular formula is C16H14N2O2. The van der Waals surface area contributed by atoms with Crippen molar-refractivity contribution in [2.75, 3.05) is 25.6 Å². The minimum atomic E-state index is 0.554. The third kappa shape index (κ3) is 2.04. The fraction of sp³-hybridized carbons (Fsp3) is 0.188. The van der Waals surface area contributed by atoms with Gasteiger partial charge in [-0.25, -0.2) is 0 Å². The molecule has 0 fully saturated rings. The molecular weight excluding hydrogens is 252 g/mol. The molecule has 0 unspecified atom stereocenters. The number of ether oxygens (including phenoxy) is 2. The van der Waals surface area contributed by atoms with Crippen LogP contribution < -0.4 is 14.8 Å². The Balaban J connectivity index is 2.12. The van der Waals surface area contributed by atoms with E-state index < -0.39 is 0 Å². The predicted octanol–water partition coefficient (Wildman–Crippen LogP) is 3.04. The summed E-state index contributed by atoms with van der Waals surface area (Å²) in [6, 6.07) is 13.8. The molecule has 2 aromatic rings. The minimum Gasteiger partial charge on any atom is -0.486 e. The van der Waals surface area contributed by atoms with Gasteiger partial charge in [-0.1, -0.05) is 18.2 Å². The highest BCUT2D eigenvalue weighted by molar-refractivity contribution is 5.79. The smallest absolute Gasteiger partial charge is 0.161 e. The quantitative estimate of drug-likeness (QED) is 0.907. The van der Waals surface area contributed by atoms with Crippen LogP contribution in [0.1, 0.15) is 5.56 Å². The highest BCUT2D eigenvalue weighted by atomic mass is 16.6. The first kappa shape index (κ1) is 12.4. The van der Waals surface area contributed by atoms with E-state index in [1.165, 1.54) is 0 Å². The Morgan fingerprint density at radius 1 is 1.10 bits per heavy atom. The van der Waals surface area contributed by atoms with Gasteiger partial charge in [0.1, 0.15) is 19.3 Å². The van der Waals surface area contributed by atoms with Crippen LogP contribution in [0.15, 0.2) is 36.4 Å². The lowest BCUT2D eigenvalue weighted by molar-refractivity contribution is 0.171. The summed E-state index contributed by atoms with van der Waals surface area (Å²) < 4.78 is 11.1. The van der Waals surface area contributed by atoms with Crippen molar-refractivity contribution in [2.24, 2.45) is 0 Å². The van der Waals surface area contributed by atoms with E-state index in [0.717, 1.165) is 28.3 Å². The molecule has 0 spiro atoms. The molecule has 3 rings (SSSR count). The molecule has 4 nitrogen and oxygen atoms in total. The van der Waals surface area contributed by atoms with Gasteiger partial charge in [0.25, 0.3) is 0 Å². The molecule has 0 bridgehead atoms. The van der Waals surface area contributed by atoms with E-state index in [1.807, 2.05) is 43.4 Å². The second-order valence-electron chi connectivity index (χ2n) is 4.45. The van der Waals surface area contributed by atoms with Crippen LogP contribution >= 0.6 is 0 Å². The van der Waals surface area contributed by atoms with Crippen LogP contribution in [0.25, 0.3) is 11.1 Å². The predicted molar refractivity (Wildman–Crippen MR) is 77.1 cm³/mol. The van der Waals surface area contributed by atoms with Gasteiger partial charge in [0.2, 0.25) is 0 Å². The molecule has 4 heteroatoms. The molecule has 0 radical (unpaired) electrons. The average molecular weight is 266 g/mol. The summed E-state index contributed by atoms with van der Waals surface area (Å²) in [6.45, 7) is 1.13. The van der Waals surface area contributed by atoms with Crippen molar-refractivity contribution in [1.29, 1.82) is 5.26 Å². The molecule has 1 N–H and O–H groups in total. The molecule has 1 heterocycles. The van der Waals surface area contributed by atoms with E-state index in [9.17, 15) is 5.26 Å². The number of hydrogen-bond acceptors (Lipinski definition) is 4. The largest absolute Gasteiger partial charge is 0.486 e. The first-order valence-electron chi connectivity index (χ1n) is 6.44. The fourth-order valence-corrected chi connectivity index (χ4v) is 2.33. The van der Waals surface area contributed by atoms with E-state index in [1.54, 1.807) is 0 Å². The lowest BCUT2D eigenvalue weighted by Gasteiger charge is -2.19. The van der Waals surface area contributed by atoms with Crippen molar-refractivity contribution in [2.45, 2.75) is 0 Å². The van der Waals surface area contributed by atoms with Gasteiger partial charge >= 0.3 is 0 Å². The zero-order valence-corrected chi connectivity index (χ0v) is 11.1. The maximum atomic E-state index is 9.38. The SMILES string of the molecule is CNc1cccc(-c2ccc3c(c2)OCCO3)c1C#N. The van der Waals surface area contributed by atoms with Gasteiger partial charge in [-0.3, -0.25) is 0 Å². The lowest BCUT2D eigenvalue weighted by Crippen LogP contribution is -2.15. The highest BCUT2D eigenvalue weighted by Crippen LogP contribution is 2.36. The Bertz CT molecular complexity index is 689. The monoisotopic (exact) mass is 266 g/mol. The van der Waals surface area contributed by atoms with Crippen molar-refractivity contribution in [3.8, 4) is 28.7 Å². The van der Waals surface area contributed by atoms with Gasteiger partial charge in [-0.2, -0.15) is 5.26 Å². The van der Waals surface area contributed by atoms with Crippen molar-refractivity contribution < 1.29 is 9.47 Å². The molecule has 0 saturated carbocycles. The van der Waals surface area contributed by atoms with Gasteiger partial charge < -0.3 is 14.8 Å². The van der Waals surface area contributed by atoms with Gasteiger partial charge in [0, 0.05) is 12.6 Å². The number of hydrogen-bond donors (Lipinski definition) is 1. The van der Waals surface area contributed by atoms with Crippen molar-refractivity contribution >= 4 is 5.69 Å². The molecule has 0 saturated heterocycles. The molecule has 0 amide bonds. The van der Waals surface area contributed by atoms with Crippen molar-refractivity contribution in [3.05, 3.63) is 42.0 Å². The lowest BCUT2D eigenvalue weighted by atomic mass is 9.98. The van der Waals surface area contributed by atoms with Gasteiger partial charge in [0.05, 0.1) is 11.3 Å². The Morgan fingerprint density at radius 2 is 1.90 bits per heavy atom. The highest BCUT2D eigenvalue weighted by Gasteiger charge is 2.15. The average Bonchev–Trinajstić information content (AvgIpc) is 2.53. The van der Waals surface area contributed by atoms with Crippen LogP contribution in [0, 0.1) is 11.3 Å². The molecule has 0 atom stereocenters. The molecule has 1 aliphatic heterocycles. The maximum absolute atomic E-state index is 9.38. The molecule has 2 aromatic carbocycles. The number of nitrogens with one attached hydrogen (secondary N) is 1. The third-order valence-electron chi connectivity index (χ3n) is 3.30. The number of nitrogens with zero attached hydrogens (tertiary/aromatic N) is 1. The normalized spacial score (nSPS) is 12.6. The van der Waals surface area contributed by atoms with Gasteiger partial charge in [-0.05, 0) is 23.8 Å². The van der Waals surface area contributed by atoms with Crippen LogP contribution in [-0.4, -0.2) is 20.3 Å². The Kier molecular flexibility index (Phi) is 3.18. The number of benzene rings is 2. The van der Waals surface area contributed by atoms with Crippen molar-refractivity contribution in [3.63, 3.8) is 0 Å². The van der Waals surface area contributed by atoms with Crippen LogP contribution in [0.3, 0.4) is 0 Å². The summed E-state index contributed by atoms with van der Waals surface area (Å²) in [7, 11) is 1.81. The van der Waals surface area contributed by atoms with Crippen LogP contribution in [-0.2, 0) is 0 Å². The summed E-state index contributed by atoms with van der Waals surface area (Å²) in [6.07, 6.45) is 0. The Hall–Kier alpha value is -2.67. The molecule has 1 aliphatic rings. The molecule has 0 aliphatic carbocycles. The maximum Gasteiger partial charge on any atom is 0.161 e. The standard InChI is InChI=1S/C16H14N2O2/c1-18-14-4-2-3-12(13(14)10-17)11-5-6-15-16(9-11)20-8-7-19-15/h2-6,9,18H,7-8H2,1H3. The number of fused-ring (bicyclic) bond motifs is 1. The summed E-state index contributed by atoms with van der Waals surface area (Å²) in [5.41, 5.74) is 3.28. The van der Waals surface area contributed by atoms with Crippen molar-refractivity contribution in [1.82, 2.24) is 0 Å². The van der Waals surface area contributed by atoms with E-state index in [0.29, 0.717) is 18.8 Å². The molecule has 20 heavy (non-hydrogen) atoms. The van der Waals surface area contributed by atoms with Crippen LogP contribution in [0.2, 0.25) is 0 Å². The van der Waals surface area contributed by atoms with E-state index in [4.69, 9.17) is 9.47 Å². The fourth-order valence-electron chi connectivity index (χ4n) is 2.33. The van der Waals surface area contributed by atoms with E-state index in [-0.39, 0.29) is 0 Å². The summed E-state index contributed by atoms with van der Waals surface area (Å²) in [5.74, 6) is 1.48. The first-order chi connectivity index (χ1) is 9.83. The zero-order valence-electron chi connectivity index (χ0n) is 11.1. The van der Waals surface area contributed by atoms with E-state index in [2.05, 4.69) is 11.4 Å². The first-order valence-corrected chi connectivity index (χ1v) is 6.44. The second-order valence-corrected chi connectivity index (χ2v) is 4.45. The van der Waals surface area contributed by atoms with Gasteiger partial charge in [-0.15, -0.1) is 0 Å². The summed E-state index contributed by atoms with van der Waals surface area (Å²) >= 11 is 0. The van der Waals surface area contributed by atoms with E-state index >= 15 is 0 Å². The topological polar surface area (TPSA) is 54.3 Å². The number of nitriles is 1. The van der Waals surface area contributed by atoms with Crippen LogP contribution in [0.4, 0.5) is 5.69 Å². The Labute approximate surface area is 117 Å². The molecule has 0 aromatic heterocycles.